The second-order valence-corrected chi connectivity index (χ2v) is 4.10. The lowest BCUT2D eigenvalue weighted by Gasteiger charge is -2.19. The zero-order chi connectivity index (χ0) is 11.8. The summed E-state index contributed by atoms with van der Waals surface area (Å²) in [5.74, 6) is 0. The van der Waals surface area contributed by atoms with Crippen LogP contribution in [-0.4, -0.2) is 11.5 Å². The minimum absolute atomic E-state index is 0.362. The van der Waals surface area contributed by atoms with Crippen molar-refractivity contribution in [1.29, 1.82) is 0 Å². The predicted octanol–water partition coefficient (Wildman–Crippen LogP) is 3.48. The van der Waals surface area contributed by atoms with E-state index in [9.17, 15) is 0 Å². The van der Waals surface area contributed by atoms with Crippen LogP contribution < -0.4 is 5.32 Å². The Bertz CT molecular complexity index is 306. The van der Waals surface area contributed by atoms with Gasteiger partial charge in [-0.3, -0.25) is 4.98 Å². The maximum Gasteiger partial charge on any atom is 0.0372 e. The van der Waals surface area contributed by atoms with Crippen LogP contribution in [0.3, 0.4) is 0 Å². The number of hydrogen-bond acceptors (Lipinski definition) is 2. The van der Waals surface area contributed by atoms with Crippen molar-refractivity contribution in [3.63, 3.8) is 0 Å². The predicted molar refractivity (Wildman–Crippen MR) is 69.3 cm³/mol. The zero-order valence-electron chi connectivity index (χ0n) is 10.4. The van der Waals surface area contributed by atoms with Crippen molar-refractivity contribution >= 4 is 0 Å². The fourth-order valence-electron chi connectivity index (χ4n) is 1.64. The van der Waals surface area contributed by atoms with Crippen LogP contribution in [0.15, 0.2) is 36.7 Å². The van der Waals surface area contributed by atoms with E-state index in [1.165, 1.54) is 11.1 Å². The molecule has 0 saturated carbocycles. The topological polar surface area (TPSA) is 24.9 Å². The van der Waals surface area contributed by atoms with Gasteiger partial charge in [0.1, 0.15) is 0 Å². The molecule has 88 valence electrons. The molecule has 0 aliphatic heterocycles. The maximum absolute atomic E-state index is 4.18. The maximum atomic E-state index is 4.18. The van der Waals surface area contributed by atoms with Gasteiger partial charge in [0, 0.05) is 18.4 Å². The minimum Gasteiger partial charge on any atom is -0.310 e. The first kappa shape index (κ1) is 12.9. The van der Waals surface area contributed by atoms with Gasteiger partial charge in [-0.25, -0.2) is 0 Å². The van der Waals surface area contributed by atoms with Crippen molar-refractivity contribution in [3.05, 3.63) is 42.2 Å². The molecule has 0 radical (unpaired) electrons. The molecule has 0 saturated heterocycles. The Morgan fingerprint density at radius 3 is 2.88 bits per heavy atom. The highest BCUT2D eigenvalue weighted by molar-refractivity contribution is 5.16. The van der Waals surface area contributed by atoms with Crippen LogP contribution in [0.1, 0.15) is 44.7 Å². The van der Waals surface area contributed by atoms with E-state index in [2.05, 4.69) is 36.8 Å². The molecule has 0 aliphatic rings. The van der Waals surface area contributed by atoms with Crippen LogP contribution in [0.4, 0.5) is 0 Å². The third-order valence-electron chi connectivity index (χ3n) is 2.72. The van der Waals surface area contributed by atoms with Crippen LogP contribution >= 0.6 is 0 Å². The van der Waals surface area contributed by atoms with Crippen LogP contribution in [-0.2, 0) is 0 Å². The Hall–Kier alpha value is -1.15. The van der Waals surface area contributed by atoms with Gasteiger partial charge in [0.25, 0.3) is 0 Å². The van der Waals surface area contributed by atoms with Crippen molar-refractivity contribution in [2.75, 3.05) is 6.54 Å². The van der Waals surface area contributed by atoms with Crippen molar-refractivity contribution in [1.82, 2.24) is 10.3 Å². The highest BCUT2D eigenvalue weighted by atomic mass is 14.9. The summed E-state index contributed by atoms with van der Waals surface area (Å²) < 4.78 is 0. The fraction of sp³-hybridized carbons (Fsp3) is 0.500. The molecule has 0 spiro atoms. The SMILES string of the molecule is C=C(CC)CC(NCCC)c1cccnc1. The molecule has 1 unspecified atom stereocenters. The molecule has 2 heteroatoms. The average Bonchev–Trinajstić information content (AvgIpc) is 2.35. The first-order valence-electron chi connectivity index (χ1n) is 6.07. The number of hydrogen-bond donors (Lipinski definition) is 1. The zero-order valence-corrected chi connectivity index (χ0v) is 10.4. The number of rotatable bonds is 7. The Kier molecular flexibility index (Phi) is 5.79. The Morgan fingerprint density at radius 1 is 1.50 bits per heavy atom. The molecule has 16 heavy (non-hydrogen) atoms. The molecule has 0 bridgehead atoms. The Morgan fingerprint density at radius 2 is 2.31 bits per heavy atom. The second kappa shape index (κ2) is 7.18. The molecular formula is C14H22N2. The first-order chi connectivity index (χ1) is 7.77. The summed E-state index contributed by atoms with van der Waals surface area (Å²) in [4.78, 5) is 4.18. The smallest absolute Gasteiger partial charge is 0.0372 e. The van der Waals surface area contributed by atoms with Gasteiger partial charge in [-0.1, -0.05) is 32.1 Å². The summed E-state index contributed by atoms with van der Waals surface area (Å²) in [7, 11) is 0. The molecule has 2 nitrogen and oxygen atoms in total. The van der Waals surface area contributed by atoms with E-state index < -0.39 is 0 Å². The molecule has 1 rings (SSSR count). The lowest BCUT2D eigenvalue weighted by molar-refractivity contribution is 0.522. The van der Waals surface area contributed by atoms with Gasteiger partial charge in [0.05, 0.1) is 0 Å². The van der Waals surface area contributed by atoms with Crippen molar-refractivity contribution in [3.8, 4) is 0 Å². The van der Waals surface area contributed by atoms with Gasteiger partial charge in [-0.2, -0.15) is 0 Å². The first-order valence-corrected chi connectivity index (χ1v) is 6.07. The molecule has 1 heterocycles. The van der Waals surface area contributed by atoms with Gasteiger partial charge in [-0.05, 0) is 37.4 Å². The molecule has 0 amide bonds. The van der Waals surface area contributed by atoms with E-state index in [0.29, 0.717) is 6.04 Å². The molecule has 1 atom stereocenters. The lowest BCUT2D eigenvalue weighted by atomic mass is 10.00. The number of nitrogens with one attached hydrogen (secondary N) is 1. The van der Waals surface area contributed by atoms with Gasteiger partial charge in [0.2, 0.25) is 0 Å². The van der Waals surface area contributed by atoms with E-state index in [1.54, 1.807) is 0 Å². The Balaban J connectivity index is 2.67. The molecule has 0 fully saturated rings. The van der Waals surface area contributed by atoms with Gasteiger partial charge in [0.15, 0.2) is 0 Å². The van der Waals surface area contributed by atoms with E-state index in [4.69, 9.17) is 0 Å². The minimum atomic E-state index is 0.362. The molecule has 0 aliphatic carbocycles. The van der Waals surface area contributed by atoms with Gasteiger partial charge in [-0.15, -0.1) is 0 Å². The summed E-state index contributed by atoms with van der Waals surface area (Å²) in [5, 5.41) is 3.55. The van der Waals surface area contributed by atoms with Gasteiger partial charge < -0.3 is 5.32 Å². The highest BCUT2D eigenvalue weighted by Gasteiger charge is 2.11. The van der Waals surface area contributed by atoms with E-state index >= 15 is 0 Å². The number of nitrogens with zero attached hydrogens (tertiary/aromatic N) is 1. The average molecular weight is 218 g/mol. The van der Waals surface area contributed by atoms with Crippen LogP contribution in [0.2, 0.25) is 0 Å². The number of pyridine rings is 1. The van der Waals surface area contributed by atoms with Crippen LogP contribution in [0.25, 0.3) is 0 Å². The summed E-state index contributed by atoms with van der Waals surface area (Å²) in [5.41, 5.74) is 2.54. The monoisotopic (exact) mass is 218 g/mol. The summed E-state index contributed by atoms with van der Waals surface area (Å²) in [6, 6.07) is 4.48. The fourth-order valence-corrected chi connectivity index (χ4v) is 1.64. The van der Waals surface area contributed by atoms with Crippen molar-refractivity contribution in [2.24, 2.45) is 0 Å². The van der Waals surface area contributed by atoms with Crippen molar-refractivity contribution in [2.45, 2.75) is 39.2 Å². The van der Waals surface area contributed by atoms with Crippen molar-refractivity contribution < 1.29 is 0 Å². The molecular weight excluding hydrogens is 196 g/mol. The summed E-state index contributed by atoms with van der Waals surface area (Å²) in [6.45, 7) is 9.46. The summed E-state index contributed by atoms with van der Waals surface area (Å²) in [6.07, 6.45) is 6.95. The number of aromatic nitrogens is 1. The van der Waals surface area contributed by atoms with Gasteiger partial charge >= 0.3 is 0 Å². The highest BCUT2D eigenvalue weighted by Crippen LogP contribution is 2.20. The quantitative estimate of drug-likeness (QED) is 0.709. The third-order valence-corrected chi connectivity index (χ3v) is 2.72. The van der Waals surface area contributed by atoms with Crippen LogP contribution in [0.5, 0.6) is 0 Å². The van der Waals surface area contributed by atoms with E-state index in [0.717, 1.165) is 25.8 Å². The molecule has 1 aromatic heterocycles. The molecule has 1 N–H and O–H groups in total. The van der Waals surface area contributed by atoms with Crippen LogP contribution in [0, 0.1) is 0 Å². The molecule has 0 aromatic carbocycles. The standard InChI is InChI=1S/C14H22N2/c1-4-8-16-14(10-12(3)5-2)13-7-6-9-15-11-13/h6-7,9,11,14,16H,3-5,8,10H2,1-2H3. The largest absolute Gasteiger partial charge is 0.310 e. The second-order valence-electron chi connectivity index (χ2n) is 4.10. The summed E-state index contributed by atoms with van der Waals surface area (Å²) >= 11 is 0. The van der Waals surface area contributed by atoms with E-state index in [1.807, 2.05) is 18.5 Å². The normalized spacial score (nSPS) is 12.4. The molecule has 1 aromatic rings. The third kappa shape index (κ3) is 4.15. The Labute approximate surface area is 98.8 Å². The lowest BCUT2D eigenvalue weighted by Crippen LogP contribution is -2.22. The van der Waals surface area contributed by atoms with E-state index in [-0.39, 0.29) is 0 Å².